The second-order valence-electron chi connectivity index (χ2n) is 5.19. The molecule has 0 spiro atoms. The lowest BCUT2D eigenvalue weighted by molar-refractivity contribution is -0.385. The first-order chi connectivity index (χ1) is 8.83. The fourth-order valence-electron chi connectivity index (χ4n) is 1.55. The number of nitro groups is 1. The minimum Gasteiger partial charge on any atom is -0.352 e. The van der Waals surface area contributed by atoms with E-state index >= 15 is 0 Å². The highest BCUT2D eigenvalue weighted by molar-refractivity contribution is 14.0. The summed E-state index contributed by atoms with van der Waals surface area (Å²) in [7, 11) is 1.67. The molecule has 0 aliphatic rings. The molecule has 0 fully saturated rings. The predicted octanol–water partition coefficient (Wildman–Crippen LogP) is 2.68. The van der Waals surface area contributed by atoms with Crippen LogP contribution in [0.4, 0.5) is 5.69 Å². The highest BCUT2D eigenvalue weighted by Gasteiger charge is 2.14. The van der Waals surface area contributed by atoms with Crippen LogP contribution in [-0.2, 0) is 6.54 Å². The van der Waals surface area contributed by atoms with E-state index in [9.17, 15) is 10.1 Å². The van der Waals surface area contributed by atoms with Crippen molar-refractivity contribution in [3.05, 3.63) is 39.9 Å². The Hall–Kier alpha value is -1.38. The van der Waals surface area contributed by atoms with Gasteiger partial charge in [-0.25, -0.2) is 0 Å². The van der Waals surface area contributed by atoms with E-state index in [1.165, 1.54) is 6.07 Å². The maximum absolute atomic E-state index is 10.9. The van der Waals surface area contributed by atoms with Crippen molar-refractivity contribution in [3.63, 3.8) is 0 Å². The van der Waals surface area contributed by atoms with E-state index in [0.717, 1.165) is 0 Å². The van der Waals surface area contributed by atoms with Crippen LogP contribution in [0.2, 0.25) is 0 Å². The van der Waals surface area contributed by atoms with E-state index in [1.807, 2.05) is 20.8 Å². The smallest absolute Gasteiger partial charge is 0.274 e. The molecule has 2 N–H and O–H groups in total. The van der Waals surface area contributed by atoms with Crippen LogP contribution >= 0.6 is 24.0 Å². The number of hydrogen-bond acceptors (Lipinski definition) is 3. The van der Waals surface area contributed by atoms with Crippen molar-refractivity contribution in [1.82, 2.24) is 10.6 Å². The number of rotatable bonds is 3. The molecule has 0 atom stereocenters. The first-order valence-corrected chi connectivity index (χ1v) is 6.04. The Bertz CT molecular complexity index is 484. The summed E-state index contributed by atoms with van der Waals surface area (Å²) in [6.45, 7) is 6.41. The number of nitrogens with zero attached hydrogens (tertiary/aromatic N) is 2. The van der Waals surface area contributed by atoms with Gasteiger partial charge in [0.1, 0.15) is 0 Å². The summed E-state index contributed by atoms with van der Waals surface area (Å²) in [5.74, 6) is 0.616. The monoisotopic (exact) mass is 392 g/mol. The molecule has 0 unspecified atom stereocenters. The van der Waals surface area contributed by atoms with Crippen LogP contribution in [0.5, 0.6) is 0 Å². The Morgan fingerprint density at radius 3 is 2.45 bits per heavy atom. The highest BCUT2D eigenvalue weighted by Crippen LogP contribution is 2.17. The van der Waals surface area contributed by atoms with E-state index in [1.54, 1.807) is 25.2 Å². The van der Waals surface area contributed by atoms with Crippen molar-refractivity contribution in [3.8, 4) is 0 Å². The molecule has 0 amide bonds. The Balaban J connectivity index is 0.00000361. The summed E-state index contributed by atoms with van der Waals surface area (Å²) in [6.07, 6.45) is 0. The topological polar surface area (TPSA) is 79.6 Å². The average Bonchev–Trinajstić information content (AvgIpc) is 2.33. The van der Waals surface area contributed by atoms with Gasteiger partial charge in [-0.15, -0.1) is 24.0 Å². The number of hydrogen-bond donors (Lipinski definition) is 2. The maximum atomic E-state index is 10.9. The molecule has 0 aliphatic heterocycles. The molecule has 0 bridgehead atoms. The number of guanidine groups is 1. The molecule has 0 aromatic heterocycles. The third kappa shape index (κ3) is 6.18. The van der Waals surface area contributed by atoms with Crippen molar-refractivity contribution >= 4 is 35.6 Å². The minimum atomic E-state index is -0.378. The van der Waals surface area contributed by atoms with Gasteiger partial charge in [-0.1, -0.05) is 18.2 Å². The van der Waals surface area contributed by atoms with Crippen LogP contribution in [0.15, 0.2) is 29.3 Å². The van der Waals surface area contributed by atoms with Gasteiger partial charge in [-0.05, 0) is 20.8 Å². The highest BCUT2D eigenvalue weighted by atomic mass is 127. The number of halogens is 1. The van der Waals surface area contributed by atoms with Crippen LogP contribution in [0, 0.1) is 10.1 Å². The zero-order valence-electron chi connectivity index (χ0n) is 12.1. The SMILES string of the molecule is CN=C(NCc1ccccc1[N+](=O)[O-])NC(C)(C)C.I. The predicted molar refractivity (Wildman–Crippen MR) is 91.6 cm³/mol. The van der Waals surface area contributed by atoms with Crippen molar-refractivity contribution in [2.24, 2.45) is 4.99 Å². The van der Waals surface area contributed by atoms with Crippen molar-refractivity contribution in [1.29, 1.82) is 0 Å². The van der Waals surface area contributed by atoms with Crippen LogP contribution in [0.25, 0.3) is 0 Å². The summed E-state index contributed by atoms with van der Waals surface area (Å²) in [4.78, 5) is 14.6. The van der Waals surface area contributed by atoms with Crippen molar-refractivity contribution in [2.45, 2.75) is 32.9 Å². The van der Waals surface area contributed by atoms with Gasteiger partial charge in [0.15, 0.2) is 5.96 Å². The molecule has 1 aromatic carbocycles. The summed E-state index contributed by atoms with van der Waals surface area (Å²) in [5.41, 5.74) is 0.621. The van der Waals surface area contributed by atoms with E-state index in [4.69, 9.17) is 0 Å². The quantitative estimate of drug-likeness (QED) is 0.273. The molecule has 1 rings (SSSR count). The van der Waals surface area contributed by atoms with E-state index < -0.39 is 0 Å². The van der Waals surface area contributed by atoms with Gasteiger partial charge in [0.2, 0.25) is 0 Å². The molecule has 6 nitrogen and oxygen atoms in total. The summed E-state index contributed by atoms with van der Waals surface area (Å²) < 4.78 is 0. The molecule has 1 aromatic rings. The lowest BCUT2D eigenvalue weighted by Crippen LogP contribution is -2.47. The maximum Gasteiger partial charge on any atom is 0.274 e. The first-order valence-electron chi connectivity index (χ1n) is 6.04. The van der Waals surface area contributed by atoms with Crippen LogP contribution in [0.3, 0.4) is 0 Å². The summed E-state index contributed by atoms with van der Waals surface area (Å²) in [6, 6.07) is 6.67. The molecule has 20 heavy (non-hydrogen) atoms. The van der Waals surface area contributed by atoms with E-state index in [0.29, 0.717) is 18.1 Å². The van der Waals surface area contributed by atoms with Gasteiger partial charge in [0, 0.05) is 30.8 Å². The van der Waals surface area contributed by atoms with Crippen LogP contribution < -0.4 is 10.6 Å². The normalized spacial score (nSPS) is 11.5. The number of aliphatic imine (C=N–C) groups is 1. The Kier molecular flexibility index (Phi) is 7.48. The van der Waals surface area contributed by atoms with Crippen molar-refractivity contribution in [2.75, 3.05) is 7.05 Å². The third-order valence-electron chi connectivity index (χ3n) is 2.35. The standard InChI is InChI=1S/C13H20N4O2.HI/c1-13(2,3)16-12(14-4)15-9-10-7-5-6-8-11(10)17(18)19;/h5-8H,9H2,1-4H3,(H2,14,15,16);1H. The number of para-hydroxylation sites is 1. The number of nitro benzene ring substituents is 1. The second kappa shape index (κ2) is 8.03. The van der Waals surface area contributed by atoms with E-state index in [2.05, 4.69) is 15.6 Å². The fourth-order valence-corrected chi connectivity index (χ4v) is 1.55. The average molecular weight is 392 g/mol. The lowest BCUT2D eigenvalue weighted by Gasteiger charge is -2.23. The molecule has 0 saturated heterocycles. The van der Waals surface area contributed by atoms with E-state index in [-0.39, 0.29) is 40.1 Å². The second-order valence-corrected chi connectivity index (χ2v) is 5.19. The van der Waals surface area contributed by atoms with Gasteiger partial charge in [0.25, 0.3) is 5.69 Å². The number of nitrogens with one attached hydrogen (secondary N) is 2. The van der Waals surface area contributed by atoms with Gasteiger partial charge in [-0.3, -0.25) is 15.1 Å². The Labute approximate surface area is 136 Å². The van der Waals surface area contributed by atoms with Gasteiger partial charge < -0.3 is 10.6 Å². The van der Waals surface area contributed by atoms with Crippen LogP contribution in [-0.4, -0.2) is 23.5 Å². The fraction of sp³-hybridized carbons (Fsp3) is 0.462. The Morgan fingerprint density at radius 1 is 1.35 bits per heavy atom. The summed E-state index contributed by atoms with van der Waals surface area (Å²) in [5, 5.41) is 17.2. The first kappa shape index (κ1) is 18.6. The molecule has 0 radical (unpaired) electrons. The molecular formula is C13H21IN4O2. The molecule has 0 aliphatic carbocycles. The molecule has 0 saturated carbocycles. The zero-order valence-corrected chi connectivity index (χ0v) is 14.5. The third-order valence-corrected chi connectivity index (χ3v) is 2.35. The number of benzene rings is 1. The summed E-state index contributed by atoms with van der Waals surface area (Å²) >= 11 is 0. The molecule has 112 valence electrons. The molecule has 0 heterocycles. The van der Waals surface area contributed by atoms with Gasteiger partial charge in [-0.2, -0.15) is 0 Å². The molecular weight excluding hydrogens is 371 g/mol. The largest absolute Gasteiger partial charge is 0.352 e. The molecule has 7 heteroatoms. The minimum absolute atomic E-state index is 0. The van der Waals surface area contributed by atoms with Gasteiger partial charge in [0.05, 0.1) is 4.92 Å². The Morgan fingerprint density at radius 2 is 1.95 bits per heavy atom. The zero-order chi connectivity index (χ0) is 14.5. The van der Waals surface area contributed by atoms with Crippen LogP contribution in [0.1, 0.15) is 26.3 Å². The van der Waals surface area contributed by atoms with Gasteiger partial charge >= 0.3 is 0 Å². The van der Waals surface area contributed by atoms with Crippen molar-refractivity contribution < 1.29 is 4.92 Å². The lowest BCUT2D eigenvalue weighted by atomic mass is 10.1.